The van der Waals surface area contributed by atoms with Gasteiger partial charge in [0.05, 0.1) is 29.8 Å². The number of piperidine rings is 1. The van der Waals surface area contributed by atoms with E-state index >= 15 is 0 Å². The second kappa shape index (κ2) is 9.34. The van der Waals surface area contributed by atoms with Gasteiger partial charge >= 0.3 is 0 Å². The molecule has 2 saturated heterocycles. The fraction of sp³-hybridized carbons (Fsp3) is 0.417. The second-order valence-corrected chi connectivity index (χ2v) is 10.2. The van der Waals surface area contributed by atoms with Crippen LogP contribution in [0.3, 0.4) is 0 Å². The number of benzene rings is 1. The number of aryl methyl sites for hydroxylation is 2. The Morgan fingerprint density at radius 2 is 1.91 bits per heavy atom. The van der Waals surface area contributed by atoms with E-state index < -0.39 is 5.79 Å². The molecule has 0 bridgehead atoms. The zero-order valence-corrected chi connectivity index (χ0v) is 21.0. The van der Waals surface area contributed by atoms with Crippen LogP contribution in [0.2, 0.25) is 5.02 Å². The molecule has 2 amide bonds. The number of fused-ring (bicyclic) bond motifs is 1. The first kappa shape index (κ1) is 23.9. The summed E-state index contributed by atoms with van der Waals surface area (Å²) in [5, 5.41) is 3.65. The maximum atomic E-state index is 13.3. The van der Waals surface area contributed by atoms with Crippen molar-refractivity contribution in [3.8, 4) is 0 Å². The van der Waals surface area contributed by atoms with Gasteiger partial charge in [0, 0.05) is 36.6 Å². The van der Waals surface area contributed by atoms with Crippen LogP contribution < -0.4 is 10.9 Å². The lowest BCUT2D eigenvalue weighted by molar-refractivity contribution is -0.181. The Balaban J connectivity index is 1.33. The highest BCUT2D eigenvalue weighted by molar-refractivity contribution is 7.20. The standard InChI is InChI=1S/C24H25ClN4O5S/c1-14-3-4-16(11-17(14)25)27-18(30)12-29-13-26-21-19(22(29)31)15(2)20(35-21)23(32)28-7-5-24(6-8-28)33-9-10-34-24/h3-4,11,13H,5-10,12H2,1-2H3,(H,27,30). The number of carbonyl (C=O) groups excluding carboxylic acids is 2. The third-order valence-electron chi connectivity index (χ3n) is 6.51. The van der Waals surface area contributed by atoms with Crippen LogP contribution in [0.5, 0.6) is 0 Å². The van der Waals surface area contributed by atoms with E-state index in [0.29, 0.717) is 70.5 Å². The molecule has 0 saturated carbocycles. The number of hydrogen-bond donors (Lipinski definition) is 1. The lowest BCUT2D eigenvalue weighted by atomic mass is 10.0. The predicted octanol–water partition coefficient (Wildman–Crippen LogP) is 3.35. The molecule has 1 N–H and O–H groups in total. The Kier molecular flexibility index (Phi) is 6.39. The first-order valence-electron chi connectivity index (χ1n) is 11.4. The fourth-order valence-electron chi connectivity index (χ4n) is 4.48. The molecule has 5 rings (SSSR count). The third-order valence-corrected chi connectivity index (χ3v) is 8.10. The van der Waals surface area contributed by atoms with Gasteiger partial charge in [-0.1, -0.05) is 17.7 Å². The summed E-state index contributed by atoms with van der Waals surface area (Å²) in [7, 11) is 0. The van der Waals surface area contributed by atoms with Crippen LogP contribution in [0.4, 0.5) is 5.69 Å². The highest BCUT2D eigenvalue weighted by atomic mass is 35.5. The monoisotopic (exact) mass is 516 g/mol. The van der Waals surface area contributed by atoms with Gasteiger partial charge in [0.15, 0.2) is 5.79 Å². The summed E-state index contributed by atoms with van der Waals surface area (Å²) in [6, 6.07) is 5.21. The quantitative estimate of drug-likeness (QED) is 0.570. The molecule has 9 nitrogen and oxygen atoms in total. The summed E-state index contributed by atoms with van der Waals surface area (Å²) >= 11 is 7.33. The van der Waals surface area contributed by atoms with Crippen LogP contribution >= 0.6 is 22.9 Å². The molecule has 2 aliphatic heterocycles. The van der Waals surface area contributed by atoms with Crippen molar-refractivity contribution in [1.29, 1.82) is 0 Å². The average Bonchev–Trinajstić information content (AvgIpc) is 3.43. The minimum atomic E-state index is -0.564. The number of hydrogen-bond acceptors (Lipinski definition) is 7. The highest BCUT2D eigenvalue weighted by Crippen LogP contribution is 2.34. The molecule has 0 unspecified atom stereocenters. The van der Waals surface area contributed by atoms with E-state index in [1.807, 2.05) is 6.92 Å². The molecule has 1 spiro atoms. The molecule has 35 heavy (non-hydrogen) atoms. The molecular weight excluding hydrogens is 492 g/mol. The molecule has 184 valence electrons. The number of nitrogens with zero attached hydrogens (tertiary/aromatic N) is 3. The van der Waals surface area contributed by atoms with Gasteiger partial charge in [-0.2, -0.15) is 0 Å². The van der Waals surface area contributed by atoms with Crippen LogP contribution in [-0.2, 0) is 20.8 Å². The Morgan fingerprint density at radius 1 is 1.20 bits per heavy atom. The molecule has 0 aliphatic carbocycles. The highest BCUT2D eigenvalue weighted by Gasteiger charge is 2.41. The Morgan fingerprint density at radius 3 is 2.60 bits per heavy atom. The molecule has 4 heterocycles. The van der Waals surface area contributed by atoms with Gasteiger partial charge in [0.25, 0.3) is 11.5 Å². The first-order chi connectivity index (χ1) is 16.8. The van der Waals surface area contributed by atoms with Crippen molar-refractivity contribution >= 4 is 50.7 Å². The molecule has 0 radical (unpaired) electrons. The predicted molar refractivity (Wildman–Crippen MR) is 133 cm³/mol. The number of ether oxygens (including phenoxy) is 2. The number of aromatic nitrogens is 2. The molecule has 11 heteroatoms. The SMILES string of the molecule is Cc1ccc(NC(=O)Cn2cnc3sc(C(=O)N4CCC5(CC4)OCCO5)c(C)c3c2=O)cc1Cl. The van der Waals surface area contributed by atoms with Crippen LogP contribution in [0, 0.1) is 13.8 Å². The summed E-state index contributed by atoms with van der Waals surface area (Å²) in [4.78, 5) is 46.1. The summed E-state index contributed by atoms with van der Waals surface area (Å²) < 4.78 is 12.7. The van der Waals surface area contributed by atoms with E-state index in [1.54, 1.807) is 30.0 Å². The Hall–Kier alpha value is -2.79. The third kappa shape index (κ3) is 4.58. The molecule has 1 aromatic carbocycles. The van der Waals surface area contributed by atoms with Crippen LogP contribution in [0.15, 0.2) is 29.3 Å². The molecule has 2 fully saturated rings. The minimum Gasteiger partial charge on any atom is -0.347 e. The Bertz CT molecular complexity index is 1370. The van der Waals surface area contributed by atoms with Gasteiger partial charge in [0.1, 0.15) is 11.4 Å². The first-order valence-corrected chi connectivity index (χ1v) is 12.6. The number of carbonyl (C=O) groups is 2. The van der Waals surface area contributed by atoms with Crippen LogP contribution in [0.25, 0.3) is 10.2 Å². The summed E-state index contributed by atoms with van der Waals surface area (Å²) in [6.45, 7) is 5.62. The number of likely N-dealkylation sites (tertiary alicyclic amines) is 1. The van der Waals surface area contributed by atoms with Crippen molar-refractivity contribution in [2.24, 2.45) is 0 Å². The average molecular weight is 517 g/mol. The smallest absolute Gasteiger partial charge is 0.264 e. The van der Waals surface area contributed by atoms with E-state index in [-0.39, 0.29) is 23.9 Å². The lowest BCUT2D eigenvalue weighted by Gasteiger charge is -2.37. The van der Waals surface area contributed by atoms with E-state index in [2.05, 4.69) is 10.3 Å². The number of nitrogens with one attached hydrogen (secondary N) is 1. The van der Waals surface area contributed by atoms with Crippen LogP contribution in [0.1, 0.15) is 33.6 Å². The number of amides is 2. The van der Waals surface area contributed by atoms with Gasteiger partial charge < -0.3 is 19.7 Å². The van der Waals surface area contributed by atoms with Crippen molar-refractivity contribution in [3.05, 3.63) is 55.9 Å². The number of thiophene rings is 1. The van der Waals surface area contributed by atoms with Crippen molar-refractivity contribution in [2.45, 2.75) is 39.0 Å². The maximum absolute atomic E-state index is 13.3. The van der Waals surface area contributed by atoms with Crippen molar-refractivity contribution in [1.82, 2.24) is 14.5 Å². The number of halogens is 1. The van der Waals surface area contributed by atoms with Crippen LogP contribution in [-0.4, -0.2) is 58.4 Å². The van der Waals surface area contributed by atoms with Gasteiger partial charge in [-0.15, -0.1) is 11.3 Å². The topological polar surface area (TPSA) is 103 Å². The van der Waals surface area contributed by atoms with E-state index in [9.17, 15) is 14.4 Å². The second-order valence-electron chi connectivity index (χ2n) is 8.83. The number of rotatable bonds is 4. The summed E-state index contributed by atoms with van der Waals surface area (Å²) in [5.41, 5.74) is 1.67. The minimum absolute atomic E-state index is 0.127. The zero-order valence-electron chi connectivity index (χ0n) is 19.4. The van der Waals surface area contributed by atoms with Crippen molar-refractivity contribution in [3.63, 3.8) is 0 Å². The van der Waals surface area contributed by atoms with Crippen molar-refractivity contribution in [2.75, 3.05) is 31.6 Å². The van der Waals surface area contributed by atoms with Gasteiger partial charge in [0.2, 0.25) is 5.91 Å². The summed E-state index contributed by atoms with van der Waals surface area (Å²) in [5.74, 6) is -1.07. The molecule has 3 aromatic rings. The van der Waals surface area contributed by atoms with E-state index in [1.165, 1.54) is 22.2 Å². The van der Waals surface area contributed by atoms with Gasteiger partial charge in [-0.05, 0) is 37.1 Å². The van der Waals surface area contributed by atoms with E-state index in [0.717, 1.165) is 5.56 Å². The summed E-state index contributed by atoms with van der Waals surface area (Å²) in [6.07, 6.45) is 2.58. The van der Waals surface area contributed by atoms with Gasteiger partial charge in [-0.25, -0.2) is 4.98 Å². The fourth-order valence-corrected chi connectivity index (χ4v) is 5.77. The normalized spacial score (nSPS) is 17.3. The molecular formula is C24H25ClN4O5S. The molecule has 2 aliphatic rings. The molecule has 2 aromatic heterocycles. The Labute approximate surface area is 210 Å². The zero-order chi connectivity index (χ0) is 24.7. The maximum Gasteiger partial charge on any atom is 0.264 e. The van der Waals surface area contributed by atoms with E-state index in [4.69, 9.17) is 21.1 Å². The number of anilines is 1. The molecule has 0 atom stereocenters. The van der Waals surface area contributed by atoms with Gasteiger partial charge in [-0.3, -0.25) is 19.0 Å². The lowest BCUT2D eigenvalue weighted by Crippen LogP contribution is -2.47. The largest absolute Gasteiger partial charge is 0.347 e. The van der Waals surface area contributed by atoms with Crippen molar-refractivity contribution < 1.29 is 19.1 Å².